The fraction of sp³-hybridized carbons (Fsp3) is 0.273. The van der Waals surface area contributed by atoms with Crippen LogP contribution < -0.4 is 15.8 Å². The number of nitrogens with one attached hydrogen (secondary N) is 1. The molecule has 0 atom stereocenters. The van der Waals surface area contributed by atoms with Crippen LogP contribution in [0.15, 0.2) is 24.3 Å². The summed E-state index contributed by atoms with van der Waals surface area (Å²) < 4.78 is 4.67. The van der Waals surface area contributed by atoms with E-state index in [9.17, 15) is 9.59 Å². The lowest BCUT2D eigenvalue weighted by molar-refractivity contribution is -0.120. The van der Waals surface area contributed by atoms with Crippen molar-refractivity contribution in [3.05, 3.63) is 29.8 Å². The SMILES string of the molecule is CCC(=O)NCc1ccc(OC(N)=O)cc1. The van der Waals surface area contributed by atoms with Crippen molar-refractivity contribution in [2.45, 2.75) is 19.9 Å². The first-order valence-electron chi connectivity index (χ1n) is 4.94. The van der Waals surface area contributed by atoms with Crippen LogP contribution in [-0.2, 0) is 11.3 Å². The van der Waals surface area contributed by atoms with E-state index >= 15 is 0 Å². The van der Waals surface area contributed by atoms with Crippen LogP contribution in [0.4, 0.5) is 4.79 Å². The maximum Gasteiger partial charge on any atom is 0.409 e. The van der Waals surface area contributed by atoms with Crippen molar-refractivity contribution in [3.63, 3.8) is 0 Å². The average Bonchev–Trinajstić information content (AvgIpc) is 2.27. The van der Waals surface area contributed by atoms with Gasteiger partial charge in [-0.25, -0.2) is 4.79 Å². The Bertz CT molecular complexity index is 373. The summed E-state index contributed by atoms with van der Waals surface area (Å²) in [4.78, 5) is 21.5. The van der Waals surface area contributed by atoms with E-state index in [-0.39, 0.29) is 5.91 Å². The molecule has 0 spiro atoms. The molecule has 5 nitrogen and oxygen atoms in total. The Morgan fingerprint density at radius 3 is 2.44 bits per heavy atom. The quantitative estimate of drug-likeness (QED) is 0.802. The average molecular weight is 222 g/mol. The van der Waals surface area contributed by atoms with Crippen LogP contribution in [0.3, 0.4) is 0 Å². The van der Waals surface area contributed by atoms with Crippen LogP contribution in [0.25, 0.3) is 0 Å². The monoisotopic (exact) mass is 222 g/mol. The molecular formula is C11H14N2O3. The summed E-state index contributed by atoms with van der Waals surface area (Å²) >= 11 is 0. The van der Waals surface area contributed by atoms with Gasteiger partial charge in [-0.05, 0) is 17.7 Å². The highest BCUT2D eigenvalue weighted by Gasteiger charge is 2.00. The summed E-state index contributed by atoms with van der Waals surface area (Å²) in [6, 6.07) is 6.76. The lowest BCUT2D eigenvalue weighted by Gasteiger charge is -2.05. The fourth-order valence-electron chi connectivity index (χ4n) is 1.12. The summed E-state index contributed by atoms with van der Waals surface area (Å²) in [5.74, 6) is 0.385. The van der Waals surface area contributed by atoms with Gasteiger partial charge < -0.3 is 15.8 Å². The lowest BCUT2D eigenvalue weighted by atomic mass is 10.2. The topological polar surface area (TPSA) is 81.4 Å². The summed E-state index contributed by atoms with van der Waals surface area (Å²) in [6.45, 7) is 2.25. The third-order valence-electron chi connectivity index (χ3n) is 1.95. The molecule has 5 heteroatoms. The summed E-state index contributed by atoms with van der Waals surface area (Å²) in [5, 5.41) is 2.74. The number of nitrogens with two attached hydrogens (primary N) is 1. The van der Waals surface area contributed by atoms with Gasteiger partial charge >= 0.3 is 6.09 Å². The zero-order valence-corrected chi connectivity index (χ0v) is 9.03. The second-order valence-corrected chi connectivity index (χ2v) is 3.20. The van der Waals surface area contributed by atoms with Gasteiger partial charge in [0.15, 0.2) is 0 Å². The summed E-state index contributed by atoms with van der Waals surface area (Å²) in [6.07, 6.45) is -0.380. The highest BCUT2D eigenvalue weighted by molar-refractivity contribution is 5.75. The van der Waals surface area contributed by atoms with E-state index in [0.717, 1.165) is 5.56 Å². The van der Waals surface area contributed by atoms with Gasteiger partial charge in [-0.3, -0.25) is 4.79 Å². The van der Waals surface area contributed by atoms with Crippen molar-refractivity contribution in [2.75, 3.05) is 0 Å². The molecule has 1 rings (SSSR count). The van der Waals surface area contributed by atoms with E-state index in [1.807, 2.05) is 0 Å². The minimum atomic E-state index is -0.841. The lowest BCUT2D eigenvalue weighted by Crippen LogP contribution is -2.21. The van der Waals surface area contributed by atoms with Gasteiger partial charge in [-0.1, -0.05) is 19.1 Å². The molecule has 0 aromatic heterocycles. The molecule has 1 aromatic rings. The number of hydrogen-bond acceptors (Lipinski definition) is 3. The molecule has 0 heterocycles. The van der Waals surface area contributed by atoms with Gasteiger partial charge in [-0.2, -0.15) is 0 Å². The fourth-order valence-corrected chi connectivity index (χ4v) is 1.12. The van der Waals surface area contributed by atoms with Crippen molar-refractivity contribution in [1.29, 1.82) is 0 Å². The predicted octanol–water partition coefficient (Wildman–Crippen LogP) is 1.17. The molecule has 16 heavy (non-hydrogen) atoms. The first kappa shape index (κ1) is 12.0. The van der Waals surface area contributed by atoms with Gasteiger partial charge in [0.2, 0.25) is 5.91 Å². The van der Waals surface area contributed by atoms with Crippen LogP contribution in [-0.4, -0.2) is 12.0 Å². The number of rotatable bonds is 4. The Balaban J connectivity index is 2.51. The van der Waals surface area contributed by atoms with Gasteiger partial charge in [0.05, 0.1) is 0 Å². The van der Waals surface area contributed by atoms with Gasteiger partial charge in [-0.15, -0.1) is 0 Å². The molecule has 0 radical (unpaired) electrons. The molecule has 0 saturated heterocycles. The molecule has 0 unspecified atom stereocenters. The van der Waals surface area contributed by atoms with Crippen molar-refractivity contribution < 1.29 is 14.3 Å². The number of hydrogen-bond donors (Lipinski definition) is 2. The third kappa shape index (κ3) is 4.00. The smallest absolute Gasteiger partial charge is 0.409 e. The molecule has 3 N–H and O–H groups in total. The second-order valence-electron chi connectivity index (χ2n) is 3.20. The third-order valence-corrected chi connectivity index (χ3v) is 1.95. The van der Waals surface area contributed by atoms with Crippen LogP contribution >= 0.6 is 0 Å². The molecule has 0 aliphatic rings. The van der Waals surface area contributed by atoms with Crippen molar-refractivity contribution in [2.24, 2.45) is 5.73 Å². The van der Waals surface area contributed by atoms with E-state index in [1.54, 1.807) is 31.2 Å². The molecule has 86 valence electrons. The first-order valence-corrected chi connectivity index (χ1v) is 4.94. The highest BCUT2D eigenvalue weighted by atomic mass is 16.5. The minimum absolute atomic E-state index is 0.00235. The first-order chi connectivity index (χ1) is 7.61. The normalized spacial score (nSPS) is 9.56. The molecule has 1 aromatic carbocycles. The van der Waals surface area contributed by atoms with Gasteiger partial charge in [0.25, 0.3) is 0 Å². The standard InChI is InChI=1S/C11H14N2O3/c1-2-10(14)13-7-8-3-5-9(6-4-8)16-11(12)15/h3-6H,2,7H2,1H3,(H2,12,15)(H,13,14). The zero-order chi connectivity index (χ0) is 12.0. The summed E-state index contributed by atoms with van der Waals surface area (Å²) in [7, 11) is 0. The number of benzene rings is 1. The van der Waals surface area contributed by atoms with Crippen LogP contribution in [0.1, 0.15) is 18.9 Å². The molecule has 0 bridgehead atoms. The molecule has 2 amide bonds. The van der Waals surface area contributed by atoms with E-state index in [1.165, 1.54) is 0 Å². The number of carbonyl (C=O) groups excluding carboxylic acids is 2. The largest absolute Gasteiger partial charge is 0.411 e. The maximum absolute atomic E-state index is 11.0. The Morgan fingerprint density at radius 1 is 1.31 bits per heavy atom. The van der Waals surface area contributed by atoms with E-state index < -0.39 is 6.09 Å². The van der Waals surface area contributed by atoms with Crippen LogP contribution in [0, 0.1) is 0 Å². The molecule has 0 fully saturated rings. The van der Waals surface area contributed by atoms with Crippen molar-refractivity contribution >= 4 is 12.0 Å². The van der Waals surface area contributed by atoms with Crippen LogP contribution in [0.2, 0.25) is 0 Å². The number of primary amides is 1. The second kappa shape index (κ2) is 5.75. The van der Waals surface area contributed by atoms with Crippen molar-refractivity contribution in [1.82, 2.24) is 5.32 Å². The van der Waals surface area contributed by atoms with E-state index in [2.05, 4.69) is 10.1 Å². The Hall–Kier alpha value is -2.04. The Kier molecular flexibility index (Phi) is 4.32. The molecule has 0 saturated carbocycles. The van der Waals surface area contributed by atoms with E-state index in [4.69, 9.17) is 5.73 Å². The predicted molar refractivity (Wildman–Crippen MR) is 58.8 cm³/mol. The minimum Gasteiger partial charge on any atom is -0.411 e. The summed E-state index contributed by atoms with van der Waals surface area (Å²) in [5.41, 5.74) is 5.79. The Labute approximate surface area is 93.6 Å². The number of carbonyl (C=O) groups is 2. The molecule has 0 aliphatic heterocycles. The molecule has 0 aliphatic carbocycles. The van der Waals surface area contributed by atoms with Gasteiger partial charge in [0, 0.05) is 13.0 Å². The maximum atomic E-state index is 11.0. The number of ether oxygens (including phenoxy) is 1. The van der Waals surface area contributed by atoms with Crippen LogP contribution in [0.5, 0.6) is 5.75 Å². The Morgan fingerprint density at radius 2 is 1.94 bits per heavy atom. The van der Waals surface area contributed by atoms with E-state index in [0.29, 0.717) is 18.7 Å². The number of amides is 2. The highest BCUT2D eigenvalue weighted by Crippen LogP contribution is 2.11. The molecular weight excluding hydrogens is 208 g/mol. The zero-order valence-electron chi connectivity index (χ0n) is 9.03. The van der Waals surface area contributed by atoms with Gasteiger partial charge in [0.1, 0.15) is 5.75 Å². The van der Waals surface area contributed by atoms with Crippen molar-refractivity contribution in [3.8, 4) is 5.75 Å².